The molecule has 0 amide bonds. The summed E-state index contributed by atoms with van der Waals surface area (Å²) in [6, 6.07) is 60.6. The van der Waals surface area contributed by atoms with E-state index in [1.54, 1.807) is 0 Å². The molecule has 0 spiro atoms. The minimum Gasteiger partial charge on any atom is -0.360 e. The van der Waals surface area contributed by atoms with Gasteiger partial charge in [-0.3, -0.25) is 9.55 Å². The lowest BCUT2D eigenvalue weighted by Gasteiger charge is -2.24. The molecule has 1 aliphatic rings. The Morgan fingerprint density at radius 2 is 1.13 bits per heavy atom. The molecule has 55 heavy (non-hydrogen) atoms. The zero-order valence-corrected chi connectivity index (χ0v) is 29.9. The fourth-order valence-corrected chi connectivity index (χ4v) is 8.65. The van der Waals surface area contributed by atoms with Crippen molar-refractivity contribution in [3.8, 4) is 39.3 Å². The Hall–Kier alpha value is -7.30. The second kappa shape index (κ2) is 12.7. The second-order valence-electron chi connectivity index (χ2n) is 14.2. The number of pyridine rings is 2. The molecule has 0 saturated carbocycles. The maximum Gasteiger partial charge on any atom is 0.139 e. The first kappa shape index (κ1) is 31.2. The Kier molecular flexibility index (Phi) is 7.20. The normalized spacial score (nSPS) is 13.7. The zero-order chi connectivity index (χ0) is 36.3. The van der Waals surface area contributed by atoms with E-state index in [0.29, 0.717) is 0 Å². The maximum absolute atomic E-state index is 5.43. The molecule has 0 radical (unpaired) electrons. The summed E-state index contributed by atoms with van der Waals surface area (Å²) in [6.07, 6.45) is 8.42. The second-order valence-corrected chi connectivity index (χ2v) is 14.2. The van der Waals surface area contributed by atoms with Crippen LogP contribution < -0.4 is 5.32 Å². The van der Waals surface area contributed by atoms with E-state index in [0.717, 1.165) is 44.9 Å². The van der Waals surface area contributed by atoms with Gasteiger partial charge in [0.2, 0.25) is 0 Å². The van der Waals surface area contributed by atoms with Crippen molar-refractivity contribution in [2.24, 2.45) is 0 Å². The molecule has 1 unspecified atom stereocenters. The van der Waals surface area contributed by atoms with E-state index in [9.17, 15) is 0 Å². The molecule has 1 N–H and O–H groups in total. The minimum atomic E-state index is -0.0529. The number of nitrogens with one attached hydrogen (secondary N) is 1. The highest BCUT2D eigenvalue weighted by Crippen LogP contribution is 2.45. The van der Waals surface area contributed by atoms with Crippen LogP contribution in [0.4, 0.5) is 5.82 Å². The smallest absolute Gasteiger partial charge is 0.139 e. The molecule has 11 rings (SSSR count). The number of hydrogen-bond donors (Lipinski definition) is 1. The molecular weight excluding hydrogens is 669 g/mol. The fraction of sp³-hybridized carbons (Fsp3) is 0.0196. The van der Waals surface area contributed by atoms with Crippen LogP contribution in [0.1, 0.15) is 17.2 Å². The van der Waals surface area contributed by atoms with Crippen LogP contribution in [0.5, 0.6) is 0 Å². The first-order valence-electron chi connectivity index (χ1n) is 18.8. The predicted octanol–water partition coefficient (Wildman–Crippen LogP) is 13.1. The number of aromatic nitrogens is 3. The van der Waals surface area contributed by atoms with Gasteiger partial charge in [0, 0.05) is 39.9 Å². The molecule has 10 aromatic rings. The van der Waals surface area contributed by atoms with Gasteiger partial charge in [-0.2, -0.15) is 0 Å². The summed E-state index contributed by atoms with van der Waals surface area (Å²) in [5.41, 5.74) is 10.3. The van der Waals surface area contributed by atoms with E-state index in [4.69, 9.17) is 4.98 Å². The van der Waals surface area contributed by atoms with E-state index >= 15 is 0 Å². The molecule has 1 aliphatic heterocycles. The first-order chi connectivity index (χ1) is 27.3. The molecule has 7 aromatic carbocycles. The monoisotopic (exact) mass is 702 g/mol. The van der Waals surface area contributed by atoms with Gasteiger partial charge in [0.1, 0.15) is 11.6 Å². The van der Waals surface area contributed by atoms with Gasteiger partial charge >= 0.3 is 0 Å². The van der Waals surface area contributed by atoms with Gasteiger partial charge < -0.3 is 5.32 Å². The largest absolute Gasteiger partial charge is 0.360 e. The molecule has 4 nitrogen and oxygen atoms in total. The van der Waals surface area contributed by atoms with Crippen molar-refractivity contribution in [1.29, 1.82) is 0 Å². The molecule has 1 atom stereocenters. The highest BCUT2D eigenvalue weighted by molar-refractivity contribution is 6.22. The third kappa shape index (κ3) is 5.07. The third-order valence-corrected chi connectivity index (χ3v) is 11.1. The Balaban J connectivity index is 1.10. The average Bonchev–Trinajstić information content (AvgIpc) is 3.59. The maximum atomic E-state index is 5.43. The molecule has 4 heteroatoms. The van der Waals surface area contributed by atoms with Gasteiger partial charge in [0.05, 0.1) is 17.3 Å². The quantitative estimate of drug-likeness (QED) is 0.182. The summed E-state index contributed by atoms with van der Waals surface area (Å²) >= 11 is 0. The summed E-state index contributed by atoms with van der Waals surface area (Å²) in [5, 5.41) is 12.3. The minimum absolute atomic E-state index is 0.0529. The first-order valence-corrected chi connectivity index (χ1v) is 18.8. The molecule has 4 heterocycles. The number of rotatable bonds is 5. The number of fused-ring (bicyclic) bond motifs is 6. The van der Waals surface area contributed by atoms with Crippen LogP contribution >= 0.6 is 0 Å². The van der Waals surface area contributed by atoms with Gasteiger partial charge in [-0.05, 0) is 73.5 Å². The van der Waals surface area contributed by atoms with Crippen molar-refractivity contribution in [3.05, 3.63) is 199 Å². The highest BCUT2D eigenvalue weighted by atomic mass is 15.2. The van der Waals surface area contributed by atoms with Gasteiger partial charge in [-0.25, -0.2) is 4.98 Å². The summed E-state index contributed by atoms with van der Waals surface area (Å²) in [6.45, 7) is 0. The number of nitrogens with zero attached hydrogens (tertiary/aromatic N) is 3. The van der Waals surface area contributed by atoms with Crippen LogP contribution in [0, 0.1) is 0 Å². The van der Waals surface area contributed by atoms with Crippen LogP contribution in [0.2, 0.25) is 0 Å². The number of benzene rings is 7. The highest BCUT2D eigenvalue weighted by Gasteiger charge is 2.25. The Bertz CT molecular complexity index is 3120. The summed E-state index contributed by atoms with van der Waals surface area (Å²) in [4.78, 5) is 10.0. The van der Waals surface area contributed by atoms with Crippen LogP contribution in [0.15, 0.2) is 188 Å². The average molecular weight is 703 g/mol. The van der Waals surface area contributed by atoms with Gasteiger partial charge in [0.15, 0.2) is 0 Å². The van der Waals surface area contributed by atoms with Crippen molar-refractivity contribution in [1.82, 2.24) is 14.5 Å². The third-order valence-electron chi connectivity index (χ3n) is 11.1. The number of hydrogen-bond acceptors (Lipinski definition) is 3. The standard InChI is InChI=1S/C51H34N4/c1-3-14-33(15-4-1)49-39-21-9-10-22-40(39)50(34-16-5-2-6-17-34)43-30-35(26-27-41(43)49)45-23-13-25-48(53-45)55-47-24-12-11-20-38(47)42-28-29-46(54-51(42)55)44-32-52-31-36-18-7-8-19-37(36)44/h1-32,46,54H. The van der Waals surface area contributed by atoms with Crippen molar-refractivity contribution in [2.75, 3.05) is 5.32 Å². The SMILES string of the molecule is C1=CC(c2cncc3ccccc23)Nc2c1c1ccccc1n2-c1cccc(-c2ccc3c(-c4ccccc4)c4ccccc4c(-c4ccccc4)c3c2)n1. The zero-order valence-electron chi connectivity index (χ0n) is 29.9. The molecule has 0 fully saturated rings. The van der Waals surface area contributed by atoms with E-state index in [1.165, 1.54) is 54.6 Å². The lowest BCUT2D eigenvalue weighted by atomic mass is 9.85. The van der Waals surface area contributed by atoms with Crippen molar-refractivity contribution < 1.29 is 0 Å². The Labute approximate surface area is 318 Å². The van der Waals surface area contributed by atoms with E-state index in [1.807, 2.05) is 12.4 Å². The van der Waals surface area contributed by atoms with Crippen molar-refractivity contribution in [3.63, 3.8) is 0 Å². The predicted molar refractivity (Wildman–Crippen MR) is 230 cm³/mol. The Morgan fingerprint density at radius 1 is 0.491 bits per heavy atom. The van der Waals surface area contributed by atoms with Crippen LogP contribution in [0.3, 0.4) is 0 Å². The van der Waals surface area contributed by atoms with Crippen molar-refractivity contribution in [2.45, 2.75) is 6.04 Å². The molecule has 0 bridgehead atoms. The summed E-state index contributed by atoms with van der Waals surface area (Å²) < 4.78 is 2.28. The topological polar surface area (TPSA) is 42.7 Å². The van der Waals surface area contributed by atoms with Gasteiger partial charge in [-0.1, -0.05) is 158 Å². The number of para-hydroxylation sites is 1. The van der Waals surface area contributed by atoms with E-state index in [2.05, 4.69) is 197 Å². The lowest BCUT2D eigenvalue weighted by molar-refractivity contribution is 0.933. The van der Waals surface area contributed by atoms with Crippen molar-refractivity contribution >= 4 is 55.1 Å². The number of anilines is 1. The summed E-state index contributed by atoms with van der Waals surface area (Å²) in [5.74, 6) is 1.88. The molecule has 0 aliphatic carbocycles. The van der Waals surface area contributed by atoms with Gasteiger partial charge in [0.25, 0.3) is 0 Å². The molecular formula is C51H34N4. The molecule has 0 saturated heterocycles. The van der Waals surface area contributed by atoms with E-state index < -0.39 is 0 Å². The Morgan fingerprint density at radius 3 is 1.89 bits per heavy atom. The van der Waals surface area contributed by atoms with E-state index in [-0.39, 0.29) is 6.04 Å². The molecule has 3 aromatic heterocycles. The summed E-state index contributed by atoms with van der Waals surface area (Å²) in [7, 11) is 0. The van der Waals surface area contributed by atoms with Crippen LogP contribution in [-0.2, 0) is 0 Å². The lowest BCUT2D eigenvalue weighted by Crippen LogP contribution is -2.15. The van der Waals surface area contributed by atoms with Crippen LogP contribution in [0.25, 0.3) is 88.6 Å². The van der Waals surface area contributed by atoms with Crippen LogP contribution in [-0.4, -0.2) is 14.5 Å². The molecule has 258 valence electrons. The van der Waals surface area contributed by atoms with Gasteiger partial charge in [-0.15, -0.1) is 0 Å². The fourth-order valence-electron chi connectivity index (χ4n) is 8.65.